The van der Waals surface area contributed by atoms with Crippen molar-refractivity contribution in [1.82, 2.24) is 5.43 Å². The van der Waals surface area contributed by atoms with E-state index in [9.17, 15) is 28.9 Å². The minimum atomic E-state index is -0.757. The van der Waals surface area contributed by atoms with Crippen LogP contribution in [0.3, 0.4) is 0 Å². The summed E-state index contributed by atoms with van der Waals surface area (Å²) in [4.78, 5) is 48.8. The van der Waals surface area contributed by atoms with E-state index in [1.165, 1.54) is 30.3 Å². The molecule has 0 spiro atoms. The Hall–Kier alpha value is -5.26. The van der Waals surface area contributed by atoms with Crippen LogP contribution in [0.4, 0.5) is 21.5 Å². The number of para-hydroxylation sites is 2. The Kier molecular flexibility index (Phi) is 7.61. The van der Waals surface area contributed by atoms with Crippen LogP contribution in [0.2, 0.25) is 0 Å². The van der Waals surface area contributed by atoms with Crippen molar-refractivity contribution in [2.24, 2.45) is 0 Å². The fourth-order valence-corrected chi connectivity index (χ4v) is 3.60. The molecule has 4 rings (SSSR count). The molecule has 1 heterocycles. The highest BCUT2D eigenvalue weighted by atomic mass is 19.1. The van der Waals surface area contributed by atoms with Gasteiger partial charge >= 0.3 is 5.69 Å². The molecule has 11 nitrogen and oxygen atoms in total. The number of carbonyl (C=O) groups is 3. The van der Waals surface area contributed by atoms with E-state index in [1.807, 2.05) is 0 Å². The number of nitrogens with zero attached hydrogens (tertiary/aromatic N) is 2. The van der Waals surface area contributed by atoms with Gasteiger partial charge in [-0.15, -0.1) is 0 Å². The maximum atomic E-state index is 13.8. The third-order valence-corrected chi connectivity index (χ3v) is 5.27. The highest BCUT2D eigenvalue weighted by Gasteiger charge is 2.35. The lowest BCUT2D eigenvalue weighted by Gasteiger charge is -2.14. The van der Waals surface area contributed by atoms with Gasteiger partial charge in [-0.3, -0.25) is 29.9 Å². The van der Waals surface area contributed by atoms with E-state index in [1.54, 1.807) is 37.3 Å². The quantitative estimate of drug-likeness (QED) is 0.190. The number of rotatable bonds is 9. The highest BCUT2D eigenvalue weighted by molar-refractivity contribution is 6.31. The summed E-state index contributed by atoms with van der Waals surface area (Å²) in [6.07, 6.45) is 1.20. The minimum Gasteiger partial charge on any atom is -0.490 e. The van der Waals surface area contributed by atoms with E-state index in [-0.39, 0.29) is 34.9 Å². The topological polar surface area (TPSA) is 140 Å². The summed E-state index contributed by atoms with van der Waals surface area (Å²) in [7, 11) is 0. The van der Waals surface area contributed by atoms with Crippen LogP contribution in [0.15, 0.2) is 72.3 Å². The Morgan fingerprint density at radius 1 is 1.11 bits per heavy atom. The van der Waals surface area contributed by atoms with Crippen molar-refractivity contribution in [2.75, 3.05) is 23.5 Å². The molecule has 3 aromatic rings. The molecule has 194 valence electrons. The lowest BCUT2D eigenvalue weighted by molar-refractivity contribution is -0.385. The van der Waals surface area contributed by atoms with E-state index in [0.717, 1.165) is 17.1 Å². The molecule has 12 heteroatoms. The van der Waals surface area contributed by atoms with E-state index < -0.39 is 40.8 Å². The van der Waals surface area contributed by atoms with Gasteiger partial charge in [0, 0.05) is 6.07 Å². The SMILES string of the molecule is CCOc1cc(/C=C2/C(=O)NN(c3ccccc3)C2=O)cc([N+](=O)[O-])c1OCC(=O)Nc1ccccc1F. The van der Waals surface area contributed by atoms with Gasteiger partial charge in [-0.25, -0.2) is 9.40 Å². The average molecular weight is 520 g/mol. The molecule has 0 saturated carbocycles. The molecular formula is C26H21FN4O7. The molecule has 0 radical (unpaired) electrons. The van der Waals surface area contributed by atoms with Gasteiger partial charge in [0.1, 0.15) is 11.4 Å². The fourth-order valence-electron chi connectivity index (χ4n) is 3.60. The zero-order chi connectivity index (χ0) is 27.2. The number of ether oxygens (including phenoxy) is 2. The molecule has 1 fully saturated rings. The summed E-state index contributed by atoms with van der Waals surface area (Å²) in [5.74, 6) is -3.17. The van der Waals surface area contributed by atoms with Gasteiger partial charge in [-0.2, -0.15) is 0 Å². The van der Waals surface area contributed by atoms with Gasteiger partial charge in [0.05, 0.1) is 22.9 Å². The van der Waals surface area contributed by atoms with E-state index in [0.29, 0.717) is 5.69 Å². The van der Waals surface area contributed by atoms with Crippen molar-refractivity contribution in [1.29, 1.82) is 0 Å². The number of hydrogen-bond donors (Lipinski definition) is 2. The molecule has 1 saturated heterocycles. The molecule has 0 atom stereocenters. The molecule has 3 aromatic carbocycles. The summed E-state index contributed by atoms with van der Waals surface area (Å²) in [5, 5.41) is 15.2. The van der Waals surface area contributed by atoms with Crippen molar-refractivity contribution in [3.63, 3.8) is 0 Å². The minimum absolute atomic E-state index is 0.0772. The van der Waals surface area contributed by atoms with Crippen LogP contribution in [0.1, 0.15) is 12.5 Å². The molecule has 2 N–H and O–H groups in total. The third kappa shape index (κ3) is 5.59. The van der Waals surface area contributed by atoms with Gasteiger partial charge in [-0.05, 0) is 48.9 Å². The molecule has 3 amide bonds. The van der Waals surface area contributed by atoms with E-state index >= 15 is 0 Å². The Morgan fingerprint density at radius 2 is 1.82 bits per heavy atom. The van der Waals surface area contributed by atoms with E-state index in [4.69, 9.17) is 9.47 Å². The van der Waals surface area contributed by atoms with Crippen molar-refractivity contribution in [2.45, 2.75) is 6.92 Å². The second kappa shape index (κ2) is 11.2. The summed E-state index contributed by atoms with van der Waals surface area (Å²) in [5.41, 5.74) is 2.12. The monoisotopic (exact) mass is 520 g/mol. The molecule has 0 bridgehead atoms. The molecule has 0 aliphatic carbocycles. The van der Waals surface area contributed by atoms with Crippen molar-refractivity contribution in [3.05, 3.63) is 93.8 Å². The first-order valence-corrected chi connectivity index (χ1v) is 11.3. The average Bonchev–Trinajstić information content (AvgIpc) is 3.18. The number of hydrazine groups is 1. The van der Waals surface area contributed by atoms with Crippen LogP contribution in [0.5, 0.6) is 11.5 Å². The van der Waals surface area contributed by atoms with Crippen LogP contribution >= 0.6 is 0 Å². The van der Waals surface area contributed by atoms with Crippen molar-refractivity contribution in [3.8, 4) is 11.5 Å². The Morgan fingerprint density at radius 3 is 2.50 bits per heavy atom. The molecule has 0 aromatic heterocycles. The number of hydrogen-bond acceptors (Lipinski definition) is 7. The molecule has 1 aliphatic heterocycles. The highest BCUT2D eigenvalue weighted by Crippen LogP contribution is 2.39. The predicted molar refractivity (Wildman–Crippen MR) is 135 cm³/mol. The van der Waals surface area contributed by atoms with Crippen LogP contribution < -0.4 is 25.2 Å². The second-order valence-electron chi connectivity index (χ2n) is 7.85. The summed E-state index contributed by atoms with van der Waals surface area (Å²) >= 11 is 0. The lowest BCUT2D eigenvalue weighted by Crippen LogP contribution is -2.35. The van der Waals surface area contributed by atoms with Crippen LogP contribution in [-0.4, -0.2) is 35.9 Å². The Labute approximate surface area is 215 Å². The third-order valence-electron chi connectivity index (χ3n) is 5.27. The number of nitro groups is 1. The molecule has 0 unspecified atom stereocenters. The first-order valence-electron chi connectivity index (χ1n) is 11.3. The zero-order valence-electron chi connectivity index (χ0n) is 20.0. The summed E-state index contributed by atoms with van der Waals surface area (Å²) in [6.45, 7) is 1.05. The largest absolute Gasteiger partial charge is 0.490 e. The summed E-state index contributed by atoms with van der Waals surface area (Å²) < 4.78 is 24.7. The smallest absolute Gasteiger partial charge is 0.315 e. The first kappa shape index (κ1) is 25.8. The predicted octanol–water partition coefficient (Wildman–Crippen LogP) is 3.61. The molecule has 1 aliphatic rings. The van der Waals surface area contributed by atoms with Crippen LogP contribution in [0.25, 0.3) is 6.08 Å². The molecular weight excluding hydrogens is 499 g/mol. The lowest BCUT2D eigenvalue weighted by atomic mass is 10.1. The number of nitro benzene ring substituents is 1. The number of benzene rings is 3. The van der Waals surface area contributed by atoms with Gasteiger partial charge in [0.15, 0.2) is 12.4 Å². The molecule has 38 heavy (non-hydrogen) atoms. The second-order valence-corrected chi connectivity index (χ2v) is 7.85. The van der Waals surface area contributed by atoms with Crippen LogP contribution in [-0.2, 0) is 14.4 Å². The number of halogens is 1. The van der Waals surface area contributed by atoms with Gasteiger partial charge < -0.3 is 14.8 Å². The van der Waals surface area contributed by atoms with Gasteiger partial charge in [0.2, 0.25) is 5.75 Å². The summed E-state index contributed by atoms with van der Waals surface area (Å²) in [6, 6.07) is 16.3. The number of amides is 3. The number of nitrogens with one attached hydrogen (secondary N) is 2. The van der Waals surface area contributed by atoms with Crippen molar-refractivity contribution >= 4 is 40.9 Å². The Balaban J connectivity index is 1.61. The zero-order valence-corrected chi connectivity index (χ0v) is 20.0. The Bertz CT molecular complexity index is 1440. The standard InChI is InChI=1S/C26H21FN4O7/c1-2-37-22-14-16(12-18-25(33)29-30(26(18)34)17-8-4-3-5-9-17)13-21(31(35)36)24(22)38-15-23(32)28-20-11-7-6-10-19(20)27/h3-14H,2,15H2,1H3,(H,28,32)(H,29,33)/b18-12-. The first-order chi connectivity index (χ1) is 18.3. The van der Waals surface area contributed by atoms with E-state index in [2.05, 4.69) is 10.7 Å². The number of carbonyl (C=O) groups excluding carboxylic acids is 3. The maximum Gasteiger partial charge on any atom is 0.315 e. The van der Waals surface area contributed by atoms with Crippen LogP contribution in [0, 0.1) is 15.9 Å². The van der Waals surface area contributed by atoms with Gasteiger partial charge in [-0.1, -0.05) is 30.3 Å². The maximum absolute atomic E-state index is 13.8. The normalized spacial score (nSPS) is 13.8. The number of anilines is 2. The van der Waals surface area contributed by atoms with Gasteiger partial charge in [0.25, 0.3) is 17.7 Å². The van der Waals surface area contributed by atoms with Crippen molar-refractivity contribution < 1.29 is 33.2 Å². The fraction of sp³-hybridized carbons (Fsp3) is 0.115.